The fourth-order valence-electron chi connectivity index (χ4n) is 4.81. The number of nitrogens with one attached hydrogen (secondary N) is 2. The number of amides is 2. The lowest BCUT2D eigenvalue weighted by Crippen LogP contribution is -2.40. The van der Waals surface area contributed by atoms with Gasteiger partial charge in [0.15, 0.2) is 5.69 Å². The predicted molar refractivity (Wildman–Crippen MR) is 128 cm³/mol. The number of carboxylic acids is 1. The van der Waals surface area contributed by atoms with Crippen LogP contribution in [0.25, 0.3) is 11.1 Å². The molecule has 1 unspecified atom stereocenters. The monoisotopic (exact) mass is 474 g/mol. The van der Waals surface area contributed by atoms with Crippen LogP contribution in [0.2, 0.25) is 0 Å². The molecule has 1 aromatic heterocycles. The number of ether oxygens (including phenoxy) is 1. The standard InChI is InChI=1S/C26H26N4O5/c1-30-24(25(32)33)22(13-27-30)28-23(31)12-21(15-10-11-15)29-26(34)35-14-20-18-8-4-2-6-16(18)17-7-3-5-9-19(17)20/h2-9,13,15,20-21H,10-12,14H2,1H3,(H,28,31)(H,29,34)(H,32,33). The van der Waals surface area contributed by atoms with Crippen LogP contribution in [-0.2, 0) is 16.6 Å². The first-order valence-corrected chi connectivity index (χ1v) is 11.6. The molecule has 2 amide bonds. The first-order chi connectivity index (χ1) is 16.9. The van der Waals surface area contributed by atoms with Crippen LogP contribution >= 0.6 is 0 Å². The second kappa shape index (κ2) is 9.25. The van der Waals surface area contributed by atoms with E-state index < -0.39 is 24.0 Å². The normalized spacial score (nSPS) is 15.1. The number of aromatic nitrogens is 2. The number of fused-ring (bicyclic) bond motifs is 3. The highest BCUT2D eigenvalue weighted by Gasteiger charge is 2.35. The lowest BCUT2D eigenvalue weighted by atomic mass is 9.98. The SMILES string of the molecule is Cn1ncc(NC(=O)CC(NC(=O)OCC2c3ccccc3-c3ccccc32)C2CC2)c1C(=O)O. The molecule has 9 nitrogen and oxygen atoms in total. The summed E-state index contributed by atoms with van der Waals surface area (Å²) in [6, 6.07) is 15.8. The highest BCUT2D eigenvalue weighted by atomic mass is 16.5. The van der Waals surface area contributed by atoms with Crippen LogP contribution in [0, 0.1) is 5.92 Å². The smallest absolute Gasteiger partial charge is 0.407 e. The number of aryl methyl sites for hydroxylation is 1. The van der Waals surface area contributed by atoms with Crippen LogP contribution in [0.15, 0.2) is 54.7 Å². The van der Waals surface area contributed by atoms with Crippen molar-refractivity contribution >= 4 is 23.7 Å². The third kappa shape index (κ3) is 4.62. The quantitative estimate of drug-likeness (QED) is 0.457. The summed E-state index contributed by atoms with van der Waals surface area (Å²) in [5.74, 6) is -1.43. The molecule has 0 spiro atoms. The Labute approximate surface area is 202 Å². The third-order valence-electron chi connectivity index (χ3n) is 6.66. The van der Waals surface area contributed by atoms with Crippen LogP contribution in [-0.4, -0.2) is 45.5 Å². The molecule has 3 N–H and O–H groups in total. The topological polar surface area (TPSA) is 123 Å². The Morgan fingerprint density at radius 3 is 2.31 bits per heavy atom. The van der Waals surface area contributed by atoms with Crippen LogP contribution < -0.4 is 10.6 Å². The predicted octanol–water partition coefficient (Wildman–Crippen LogP) is 3.76. The lowest BCUT2D eigenvalue weighted by Gasteiger charge is -2.19. The average Bonchev–Trinajstić information content (AvgIpc) is 3.55. The zero-order valence-electron chi connectivity index (χ0n) is 19.2. The van der Waals surface area contributed by atoms with E-state index >= 15 is 0 Å². The Kier molecular flexibility index (Phi) is 5.98. The second-order valence-corrected chi connectivity index (χ2v) is 9.00. The van der Waals surface area contributed by atoms with Gasteiger partial charge < -0.3 is 20.5 Å². The Morgan fingerprint density at radius 1 is 1.09 bits per heavy atom. The molecule has 35 heavy (non-hydrogen) atoms. The van der Waals surface area contributed by atoms with Gasteiger partial charge in [-0.3, -0.25) is 9.48 Å². The van der Waals surface area contributed by atoms with Gasteiger partial charge in [0, 0.05) is 25.4 Å². The fraction of sp³-hybridized carbons (Fsp3) is 0.308. The van der Waals surface area contributed by atoms with E-state index in [2.05, 4.69) is 40.0 Å². The minimum Gasteiger partial charge on any atom is -0.476 e. The van der Waals surface area contributed by atoms with Crippen molar-refractivity contribution in [2.24, 2.45) is 13.0 Å². The summed E-state index contributed by atoms with van der Waals surface area (Å²) >= 11 is 0. The molecular weight excluding hydrogens is 448 g/mol. The number of aromatic carboxylic acids is 1. The van der Waals surface area contributed by atoms with E-state index in [1.165, 1.54) is 17.9 Å². The summed E-state index contributed by atoms with van der Waals surface area (Å²) < 4.78 is 6.81. The number of rotatable bonds is 8. The molecule has 9 heteroatoms. The molecule has 2 aliphatic rings. The number of hydrogen-bond acceptors (Lipinski definition) is 5. The van der Waals surface area contributed by atoms with Gasteiger partial charge in [0.25, 0.3) is 0 Å². The van der Waals surface area contributed by atoms with Crippen molar-refractivity contribution in [3.63, 3.8) is 0 Å². The molecule has 0 bridgehead atoms. The van der Waals surface area contributed by atoms with E-state index in [-0.39, 0.29) is 36.2 Å². The maximum absolute atomic E-state index is 12.7. The minimum atomic E-state index is -1.18. The molecule has 1 fully saturated rings. The van der Waals surface area contributed by atoms with E-state index in [4.69, 9.17) is 4.74 Å². The van der Waals surface area contributed by atoms with Gasteiger partial charge in [0.2, 0.25) is 5.91 Å². The largest absolute Gasteiger partial charge is 0.476 e. The van der Waals surface area contributed by atoms with Gasteiger partial charge in [-0.1, -0.05) is 48.5 Å². The summed E-state index contributed by atoms with van der Waals surface area (Å²) in [4.78, 5) is 36.7. The van der Waals surface area contributed by atoms with E-state index in [1.807, 2.05) is 24.3 Å². The molecule has 0 aliphatic heterocycles. The number of anilines is 1. The van der Waals surface area contributed by atoms with Crippen molar-refractivity contribution in [2.45, 2.75) is 31.2 Å². The first-order valence-electron chi connectivity index (χ1n) is 11.6. The molecule has 1 heterocycles. The van der Waals surface area contributed by atoms with E-state index in [0.29, 0.717) is 0 Å². The summed E-state index contributed by atoms with van der Waals surface area (Å²) in [7, 11) is 1.49. The number of alkyl carbamates (subject to hydrolysis) is 1. The van der Waals surface area contributed by atoms with E-state index in [9.17, 15) is 19.5 Å². The number of benzene rings is 2. The minimum absolute atomic E-state index is 0.0167. The highest BCUT2D eigenvalue weighted by Crippen LogP contribution is 2.44. The first kappa shape index (κ1) is 22.6. The fourth-order valence-corrected chi connectivity index (χ4v) is 4.81. The van der Waals surface area contributed by atoms with Crippen molar-refractivity contribution in [1.29, 1.82) is 0 Å². The Balaban J connectivity index is 1.21. The molecule has 180 valence electrons. The van der Waals surface area contributed by atoms with Gasteiger partial charge in [0.1, 0.15) is 6.61 Å². The maximum Gasteiger partial charge on any atom is 0.407 e. The van der Waals surface area contributed by atoms with Crippen molar-refractivity contribution in [3.05, 3.63) is 71.5 Å². The van der Waals surface area contributed by atoms with Crippen molar-refractivity contribution < 1.29 is 24.2 Å². The molecular formula is C26H26N4O5. The van der Waals surface area contributed by atoms with Gasteiger partial charge in [-0.2, -0.15) is 5.10 Å². The molecule has 0 saturated heterocycles. The zero-order chi connectivity index (χ0) is 24.5. The van der Waals surface area contributed by atoms with Crippen LogP contribution in [0.1, 0.15) is 46.8 Å². The van der Waals surface area contributed by atoms with Gasteiger partial charge in [0.05, 0.1) is 11.9 Å². The van der Waals surface area contributed by atoms with Crippen molar-refractivity contribution in [1.82, 2.24) is 15.1 Å². The molecule has 1 saturated carbocycles. The van der Waals surface area contributed by atoms with Crippen LogP contribution in [0.3, 0.4) is 0 Å². The highest BCUT2D eigenvalue weighted by molar-refractivity contribution is 5.99. The summed E-state index contributed by atoms with van der Waals surface area (Å²) in [6.45, 7) is 0.196. The van der Waals surface area contributed by atoms with Gasteiger partial charge in [-0.15, -0.1) is 0 Å². The number of hydrogen-bond donors (Lipinski definition) is 3. The van der Waals surface area contributed by atoms with Crippen molar-refractivity contribution in [2.75, 3.05) is 11.9 Å². The molecule has 2 aliphatic carbocycles. The summed E-state index contributed by atoms with van der Waals surface area (Å²) in [5.41, 5.74) is 4.59. The number of carbonyl (C=O) groups excluding carboxylic acids is 2. The number of carboxylic acid groups (broad SMARTS) is 1. The second-order valence-electron chi connectivity index (χ2n) is 9.00. The molecule has 1 atom stereocenters. The molecule has 3 aromatic rings. The summed E-state index contributed by atoms with van der Waals surface area (Å²) in [5, 5.41) is 18.7. The number of nitrogens with zero attached hydrogens (tertiary/aromatic N) is 2. The van der Waals surface area contributed by atoms with Crippen LogP contribution in [0.5, 0.6) is 0 Å². The molecule has 0 radical (unpaired) electrons. The van der Waals surface area contributed by atoms with E-state index in [0.717, 1.165) is 35.1 Å². The maximum atomic E-state index is 12.7. The Bertz CT molecular complexity index is 1250. The molecule has 5 rings (SSSR count). The van der Waals surface area contributed by atoms with Crippen molar-refractivity contribution in [3.8, 4) is 11.1 Å². The van der Waals surface area contributed by atoms with Crippen LogP contribution in [0.4, 0.5) is 10.5 Å². The summed E-state index contributed by atoms with van der Waals surface area (Å²) in [6.07, 6.45) is 2.57. The van der Waals surface area contributed by atoms with Gasteiger partial charge in [-0.25, -0.2) is 9.59 Å². The third-order valence-corrected chi connectivity index (χ3v) is 6.66. The zero-order valence-corrected chi connectivity index (χ0v) is 19.2. The average molecular weight is 475 g/mol. The molecule has 2 aromatic carbocycles. The van der Waals surface area contributed by atoms with E-state index in [1.54, 1.807) is 0 Å². The Morgan fingerprint density at radius 2 is 1.71 bits per heavy atom. The lowest BCUT2D eigenvalue weighted by molar-refractivity contribution is -0.116. The Hall–Kier alpha value is -4.14. The number of carbonyl (C=O) groups is 3. The van der Waals surface area contributed by atoms with Gasteiger partial charge >= 0.3 is 12.1 Å². The van der Waals surface area contributed by atoms with Gasteiger partial charge in [-0.05, 0) is 41.0 Å².